The summed E-state index contributed by atoms with van der Waals surface area (Å²) in [4.78, 5) is 15.3. The second-order valence-corrected chi connectivity index (χ2v) is 5.72. The van der Waals surface area contributed by atoms with Crippen LogP contribution in [-0.4, -0.2) is 28.4 Å². The Hall–Kier alpha value is -1.43. The number of nitrogens with one attached hydrogen (secondary N) is 1. The van der Waals surface area contributed by atoms with Gasteiger partial charge in [-0.15, -0.1) is 0 Å². The van der Waals surface area contributed by atoms with Crippen molar-refractivity contribution >= 4 is 29.2 Å². The number of amides is 1. The molecule has 0 unspecified atom stereocenters. The normalized spacial score (nSPS) is 11.3. The van der Waals surface area contributed by atoms with Crippen molar-refractivity contribution < 1.29 is 4.79 Å². The molecule has 1 heterocycles. The molecule has 0 saturated carbocycles. The largest absolute Gasteiger partial charge is 0.396 e. The molecule has 5 N–H and O–H groups in total. The number of rotatable bonds is 7. The smallest absolute Gasteiger partial charge is 0.267 e. The number of primary amides is 1. The van der Waals surface area contributed by atoms with Crippen LogP contribution in [0.25, 0.3) is 0 Å². The third-order valence-corrected chi connectivity index (χ3v) is 5.07. The first kappa shape index (κ1) is 15.6. The summed E-state index contributed by atoms with van der Waals surface area (Å²) < 4.78 is 0.150. The van der Waals surface area contributed by atoms with Crippen LogP contribution in [0.1, 0.15) is 37.2 Å². The molecule has 0 aliphatic carbocycles. The molecule has 1 aromatic rings. The first-order valence-electron chi connectivity index (χ1n) is 6.33. The van der Waals surface area contributed by atoms with Gasteiger partial charge in [0.1, 0.15) is 11.5 Å². The van der Waals surface area contributed by atoms with Crippen LogP contribution in [0.4, 0.5) is 11.5 Å². The van der Waals surface area contributed by atoms with E-state index in [0.29, 0.717) is 11.5 Å². The molecule has 0 spiro atoms. The lowest BCUT2D eigenvalue weighted by Crippen LogP contribution is -2.32. The van der Waals surface area contributed by atoms with Gasteiger partial charge in [0, 0.05) is 11.3 Å². The van der Waals surface area contributed by atoms with E-state index in [1.807, 2.05) is 11.8 Å². The molecule has 0 aliphatic rings. The van der Waals surface area contributed by atoms with E-state index in [2.05, 4.69) is 30.4 Å². The summed E-state index contributed by atoms with van der Waals surface area (Å²) in [5, 5.41) is 3.24. The monoisotopic (exact) mass is 282 g/mol. The quantitative estimate of drug-likeness (QED) is 0.712. The molecule has 0 atom stereocenters. The van der Waals surface area contributed by atoms with Crippen LogP contribution < -0.4 is 16.8 Å². The summed E-state index contributed by atoms with van der Waals surface area (Å²) in [6.07, 6.45) is 4.20. The van der Waals surface area contributed by atoms with Crippen molar-refractivity contribution in [2.75, 3.05) is 23.9 Å². The molecule has 106 valence electrons. The number of thioether (sulfide) groups is 1. The predicted molar refractivity (Wildman–Crippen MR) is 82.5 cm³/mol. The Labute approximate surface area is 118 Å². The van der Waals surface area contributed by atoms with E-state index in [0.717, 1.165) is 19.4 Å². The maximum Gasteiger partial charge on any atom is 0.267 e. The maximum absolute atomic E-state index is 11.1. The van der Waals surface area contributed by atoms with Gasteiger partial charge in [0.05, 0.1) is 5.69 Å². The van der Waals surface area contributed by atoms with Crippen LogP contribution in [0.2, 0.25) is 0 Å². The van der Waals surface area contributed by atoms with E-state index in [1.165, 1.54) is 6.07 Å². The molecule has 1 aromatic heterocycles. The number of carbonyl (C=O) groups is 1. The van der Waals surface area contributed by atoms with Crippen molar-refractivity contribution in [2.45, 2.75) is 31.4 Å². The summed E-state index contributed by atoms with van der Waals surface area (Å²) in [6, 6.07) is 3.18. The molecule has 5 nitrogen and oxygen atoms in total. The van der Waals surface area contributed by atoms with Crippen LogP contribution in [0.3, 0.4) is 0 Å². The molecular formula is C13H22N4OS. The van der Waals surface area contributed by atoms with Gasteiger partial charge in [-0.2, -0.15) is 11.8 Å². The summed E-state index contributed by atoms with van der Waals surface area (Å²) in [5.74, 6) is -0.0261. The predicted octanol–water partition coefficient (Wildman–Crippen LogP) is 2.10. The lowest BCUT2D eigenvalue weighted by Gasteiger charge is -2.30. The van der Waals surface area contributed by atoms with Gasteiger partial charge in [0.25, 0.3) is 5.91 Å². The fourth-order valence-electron chi connectivity index (χ4n) is 1.85. The lowest BCUT2D eigenvalue weighted by molar-refractivity contribution is 0.0996. The second kappa shape index (κ2) is 6.65. The highest BCUT2D eigenvalue weighted by Crippen LogP contribution is 2.31. The highest BCUT2D eigenvalue weighted by atomic mass is 32.2. The van der Waals surface area contributed by atoms with E-state index in [9.17, 15) is 4.79 Å². The van der Waals surface area contributed by atoms with Gasteiger partial charge in [-0.1, -0.05) is 13.8 Å². The van der Waals surface area contributed by atoms with Gasteiger partial charge >= 0.3 is 0 Å². The topological polar surface area (TPSA) is 94.0 Å². The zero-order valence-electron chi connectivity index (χ0n) is 11.7. The molecule has 1 rings (SSSR count). The van der Waals surface area contributed by atoms with Crippen molar-refractivity contribution in [3.05, 3.63) is 17.8 Å². The Kier molecular flexibility index (Phi) is 5.47. The number of hydrogen-bond acceptors (Lipinski definition) is 5. The van der Waals surface area contributed by atoms with E-state index >= 15 is 0 Å². The number of nitrogens with zero attached hydrogens (tertiary/aromatic N) is 1. The number of pyridine rings is 1. The van der Waals surface area contributed by atoms with Crippen molar-refractivity contribution in [2.24, 2.45) is 5.73 Å². The zero-order valence-corrected chi connectivity index (χ0v) is 12.5. The third-order valence-electron chi connectivity index (χ3n) is 3.48. The van der Waals surface area contributed by atoms with E-state index in [4.69, 9.17) is 11.5 Å². The lowest BCUT2D eigenvalue weighted by atomic mass is 10.0. The Morgan fingerprint density at radius 1 is 1.42 bits per heavy atom. The van der Waals surface area contributed by atoms with Crippen LogP contribution in [0.15, 0.2) is 12.1 Å². The standard InChI is InChI=1S/C13H22N4OS/c1-4-13(5-2,19-3)8-16-12-9(14)6-7-10(17-12)11(15)18/h6-7H,4-5,8,14H2,1-3H3,(H2,15,18)(H,16,17). The Bertz CT molecular complexity index is 438. The minimum atomic E-state index is -0.551. The minimum Gasteiger partial charge on any atom is -0.396 e. The fourth-order valence-corrected chi connectivity index (χ4v) is 2.65. The molecule has 19 heavy (non-hydrogen) atoms. The third kappa shape index (κ3) is 3.76. The molecule has 1 amide bonds. The van der Waals surface area contributed by atoms with E-state index < -0.39 is 5.91 Å². The molecule has 0 fully saturated rings. The van der Waals surface area contributed by atoms with Gasteiger partial charge in [0.15, 0.2) is 0 Å². The summed E-state index contributed by atoms with van der Waals surface area (Å²) >= 11 is 1.83. The number of nitrogen functional groups attached to an aromatic ring is 1. The van der Waals surface area contributed by atoms with Gasteiger partial charge in [0.2, 0.25) is 0 Å². The summed E-state index contributed by atoms with van der Waals surface area (Å²) in [6.45, 7) is 5.08. The van der Waals surface area contributed by atoms with Crippen LogP contribution in [-0.2, 0) is 0 Å². The molecule has 0 bridgehead atoms. The molecule has 0 aliphatic heterocycles. The molecule has 0 aromatic carbocycles. The van der Waals surface area contributed by atoms with E-state index in [-0.39, 0.29) is 10.4 Å². The van der Waals surface area contributed by atoms with Crippen molar-refractivity contribution in [1.82, 2.24) is 4.98 Å². The average Bonchev–Trinajstić information content (AvgIpc) is 2.42. The maximum atomic E-state index is 11.1. The van der Waals surface area contributed by atoms with Crippen LogP contribution in [0, 0.1) is 0 Å². The minimum absolute atomic E-state index is 0.150. The van der Waals surface area contributed by atoms with Crippen LogP contribution in [0.5, 0.6) is 0 Å². The van der Waals surface area contributed by atoms with Gasteiger partial charge in [-0.25, -0.2) is 4.98 Å². The van der Waals surface area contributed by atoms with Crippen molar-refractivity contribution in [3.63, 3.8) is 0 Å². The van der Waals surface area contributed by atoms with Crippen molar-refractivity contribution in [1.29, 1.82) is 0 Å². The van der Waals surface area contributed by atoms with Gasteiger partial charge in [-0.05, 0) is 31.2 Å². The molecule has 6 heteroatoms. The van der Waals surface area contributed by atoms with Gasteiger partial charge in [-0.3, -0.25) is 4.79 Å². The fraction of sp³-hybridized carbons (Fsp3) is 0.538. The summed E-state index contributed by atoms with van der Waals surface area (Å²) in [5.41, 5.74) is 11.8. The van der Waals surface area contributed by atoms with Gasteiger partial charge < -0.3 is 16.8 Å². The van der Waals surface area contributed by atoms with Crippen LogP contribution >= 0.6 is 11.8 Å². The summed E-state index contributed by atoms with van der Waals surface area (Å²) in [7, 11) is 0. The average molecular weight is 282 g/mol. The Morgan fingerprint density at radius 3 is 2.53 bits per heavy atom. The Balaban J connectivity index is 2.87. The van der Waals surface area contributed by atoms with E-state index in [1.54, 1.807) is 6.07 Å². The Morgan fingerprint density at radius 2 is 2.05 bits per heavy atom. The molecule has 0 saturated heterocycles. The number of anilines is 2. The first-order valence-corrected chi connectivity index (χ1v) is 7.55. The number of nitrogens with two attached hydrogens (primary N) is 2. The molecule has 0 radical (unpaired) electrons. The highest BCUT2D eigenvalue weighted by Gasteiger charge is 2.25. The number of hydrogen-bond donors (Lipinski definition) is 3. The zero-order chi connectivity index (χ0) is 14.5. The number of carbonyl (C=O) groups excluding carboxylic acids is 1. The first-order chi connectivity index (χ1) is 8.98. The second-order valence-electron chi connectivity index (χ2n) is 4.45. The SMILES string of the molecule is CCC(CC)(CNc1nc(C(N)=O)ccc1N)SC. The highest BCUT2D eigenvalue weighted by molar-refractivity contribution is 8.00. The number of aromatic nitrogens is 1. The molecular weight excluding hydrogens is 260 g/mol. The van der Waals surface area contributed by atoms with Crippen molar-refractivity contribution in [3.8, 4) is 0 Å².